The molecule has 0 bridgehead atoms. The molecule has 0 aromatic carbocycles. The molecule has 2 rings (SSSR count). The van der Waals surface area contributed by atoms with Crippen LogP contribution in [0.4, 0.5) is 8.78 Å². The van der Waals surface area contributed by atoms with Crippen LogP contribution in [0.3, 0.4) is 0 Å². The number of alkyl halides is 2. The Balaban J connectivity index is 1.75. The summed E-state index contributed by atoms with van der Waals surface area (Å²) in [6.07, 6.45) is 0.102. The fourth-order valence-electron chi connectivity index (χ4n) is 2.25. The SMILES string of the molecule is CCN1CC(N2CCC(F)(F)CC2)C1. The minimum atomic E-state index is -2.40. The highest BCUT2D eigenvalue weighted by Crippen LogP contribution is 2.30. The van der Waals surface area contributed by atoms with Crippen molar-refractivity contribution in [1.82, 2.24) is 9.80 Å². The second-order valence-corrected chi connectivity index (χ2v) is 4.40. The molecule has 2 aliphatic rings. The van der Waals surface area contributed by atoms with Gasteiger partial charge in [-0.15, -0.1) is 0 Å². The molecule has 2 nitrogen and oxygen atoms in total. The van der Waals surface area contributed by atoms with Crippen molar-refractivity contribution in [2.45, 2.75) is 31.7 Å². The molecule has 0 aliphatic carbocycles. The van der Waals surface area contributed by atoms with E-state index in [0.717, 1.165) is 19.6 Å². The highest BCUT2D eigenvalue weighted by molar-refractivity contribution is 4.90. The van der Waals surface area contributed by atoms with Gasteiger partial charge in [0.05, 0.1) is 0 Å². The molecule has 0 atom stereocenters. The van der Waals surface area contributed by atoms with E-state index in [0.29, 0.717) is 19.1 Å². The van der Waals surface area contributed by atoms with E-state index >= 15 is 0 Å². The Bertz CT molecular complexity index is 192. The van der Waals surface area contributed by atoms with Crippen LogP contribution >= 0.6 is 0 Å². The minimum Gasteiger partial charge on any atom is -0.300 e. The van der Waals surface area contributed by atoms with Gasteiger partial charge in [-0.2, -0.15) is 0 Å². The van der Waals surface area contributed by atoms with Crippen molar-refractivity contribution in [2.24, 2.45) is 0 Å². The Morgan fingerprint density at radius 3 is 2.29 bits per heavy atom. The van der Waals surface area contributed by atoms with Crippen LogP contribution in [0.25, 0.3) is 0 Å². The summed E-state index contributed by atoms with van der Waals surface area (Å²) >= 11 is 0. The molecular formula is C10H18F2N2. The topological polar surface area (TPSA) is 6.48 Å². The van der Waals surface area contributed by atoms with Crippen LogP contribution in [-0.2, 0) is 0 Å². The van der Waals surface area contributed by atoms with E-state index in [4.69, 9.17) is 0 Å². The van der Waals surface area contributed by atoms with Gasteiger partial charge >= 0.3 is 0 Å². The summed E-state index contributed by atoms with van der Waals surface area (Å²) in [5, 5.41) is 0. The Labute approximate surface area is 83.9 Å². The molecule has 0 amide bonds. The predicted molar refractivity (Wildman–Crippen MR) is 51.7 cm³/mol. The van der Waals surface area contributed by atoms with E-state index in [2.05, 4.69) is 16.7 Å². The molecule has 2 aliphatic heterocycles. The first-order chi connectivity index (χ1) is 6.61. The number of halogens is 2. The summed E-state index contributed by atoms with van der Waals surface area (Å²) in [5.74, 6) is -2.40. The first-order valence-corrected chi connectivity index (χ1v) is 5.45. The summed E-state index contributed by atoms with van der Waals surface area (Å²) in [6, 6.07) is 0.547. The van der Waals surface area contributed by atoms with E-state index in [1.807, 2.05) is 0 Å². The van der Waals surface area contributed by atoms with Crippen molar-refractivity contribution in [3.63, 3.8) is 0 Å². The molecule has 0 aromatic rings. The molecule has 0 saturated carbocycles. The van der Waals surface area contributed by atoms with Crippen LogP contribution < -0.4 is 0 Å². The van der Waals surface area contributed by atoms with Crippen LogP contribution in [0.2, 0.25) is 0 Å². The average Bonchev–Trinajstić information content (AvgIpc) is 2.06. The van der Waals surface area contributed by atoms with Gasteiger partial charge in [0.15, 0.2) is 0 Å². The van der Waals surface area contributed by atoms with Gasteiger partial charge in [0.2, 0.25) is 0 Å². The standard InChI is InChI=1S/C10H18F2N2/c1-2-13-7-9(8-13)14-5-3-10(11,12)4-6-14/h9H,2-8H2,1H3. The molecule has 4 heteroatoms. The summed E-state index contributed by atoms with van der Waals surface area (Å²) in [4.78, 5) is 4.57. The lowest BCUT2D eigenvalue weighted by atomic mass is 10.0. The Hall–Kier alpha value is -0.220. The lowest BCUT2D eigenvalue weighted by Gasteiger charge is -2.47. The van der Waals surface area contributed by atoms with E-state index in [9.17, 15) is 8.78 Å². The van der Waals surface area contributed by atoms with Gasteiger partial charge in [0.25, 0.3) is 5.92 Å². The molecule has 0 unspecified atom stereocenters. The Morgan fingerprint density at radius 2 is 1.79 bits per heavy atom. The highest BCUT2D eigenvalue weighted by Gasteiger charge is 2.39. The quantitative estimate of drug-likeness (QED) is 0.671. The highest BCUT2D eigenvalue weighted by atomic mass is 19.3. The van der Waals surface area contributed by atoms with Gasteiger partial charge < -0.3 is 4.90 Å². The molecule has 0 N–H and O–H groups in total. The number of hydrogen-bond donors (Lipinski definition) is 0. The second-order valence-electron chi connectivity index (χ2n) is 4.40. The van der Waals surface area contributed by atoms with Crippen LogP contribution in [0.1, 0.15) is 19.8 Å². The zero-order valence-electron chi connectivity index (χ0n) is 8.68. The fourth-order valence-corrected chi connectivity index (χ4v) is 2.25. The number of likely N-dealkylation sites (N-methyl/N-ethyl adjacent to an activating group) is 1. The second kappa shape index (κ2) is 3.74. The summed E-state index contributed by atoms with van der Waals surface area (Å²) in [6.45, 7) is 6.52. The normalized spacial score (nSPS) is 30.2. The minimum absolute atomic E-state index is 0.0512. The van der Waals surface area contributed by atoms with Gasteiger partial charge in [0.1, 0.15) is 0 Å². The number of nitrogens with zero attached hydrogens (tertiary/aromatic N) is 2. The first-order valence-electron chi connectivity index (χ1n) is 5.45. The van der Waals surface area contributed by atoms with Crippen LogP contribution in [0.5, 0.6) is 0 Å². The zero-order valence-corrected chi connectivity index (χ0v) is 8.68. The predicted octanol–water partition coefficient (Wildman–Crippen LogP) is 1.42. The average molecular weight is 204 g/mol. The summed E-state index contributed by atoms with van der Waals surface area (Å²) in [5.41, 5.74) is 0. The van der Waals surface area contributed by atoms with E-state index < -0.39 is 5.92 Å². The molecule has 2 saturated heterocycles. The van der Waals surface area contributed by atoms with Gasteiger partial charge in [-0.1, -0.05) is 6.92 Å². The monoisotopic (exact) mass is 204 g/mol. The molecule has 2 fully saturated rings. The Morgan fingerprint density at radius 1 is 1.21 bits per heavy atom. The largest absolute Gasteiger partial charge is 0.300 e. The number of rotatable bonds is 2. The smallest absolute Gasteiger partial charge is 0.250 e. The van der Waals surface area contributed by atoms with Crippen molar-refractivity contribution >= 4 is 0 Å². The number of likely N-dealkylation sites (tertiary alicyclic amines) is 2. The number of hydrogen-bond acceptors (Lipinski definition) is 2. The van der Waals surface area contributed by atoms with E-state index in [-0.39, 0.29) is 12.8 Å². The molecule has 2 heterocycles. The van der Waals surface area contributed by atoms with Crippen LogP contribution in [-0.4, -0.2) is 54.5 Å². The summed E-state index contributed by atoms with van der Waals surface area (Å²) < 4.78 is 25.7. The van der Waals surface area contributed by atoms with E-state index in [1.54, 1.807) is 0 Å². The number of piperidine rings is 1. The Kier molecular flexibility index (Phi) is 2.75. The third-order valence-corrected chi connectivity index (χ3v) is 3.43. The van der Waals surface area contributed by atoms with Gasteiger partial charge in [-0.3, -0.25) is 4.90 Å². The van der Waals surface area contributed by atoms with Crippen molar-refractivity contribution in [2.75, 3.05) is 32.7 Å². The lowest BCUT2D eigenvalue weighted by molar-refractivity contribution is -0.0791. The van der Waals surface area contributed by atoms with Gasteiger partial charge in [-0.25, -0.2) is 8.78 Å². The fraction of sp³-hybridized carbons (Fsp3) is 1.00. The molecule has 14 heavy (non-hydrogen) atoms. The van der Waals surface area contributed by atoms with E-state index in [1.165, 1.54) is 0 Å². The maximum Gasteiger partial charge on any atom is 0.250 e. The maximum atomic E-state index is 12.9. The molecule has 82 valence electrons. The van der Waals surface area contributed by atoms with Crippen molar-refractivity contribution in [3.05, 3.63) is 0 Å². The third-order valence-electron chi connectivity index (χ3n) is 3.43. The van der Waals surface area contributed by atoms with Crippen molar-refractivity contribution in [1.29, 1.82) is 0 Å². The molecule has 0 radical (unpaired) electrons. The first kappa shape index (κ1) is 10.3. The van der Waals surface area contributed by atoms with Crippen LogP contribution in [0.15, 0.2) is 0 Å². The maximum absolute atomic E-state index is 12.9. The lowest BCUT2D eigenvalue weighted by Crippen LogP contribution is -2.61. The van der Waals surface area contributed by atoms with Gasteiger partial charge in [0, 0.05) is 45.1 Å². The van der Waals surface area contributed by atoms with Crippen molar-refractivity contribution < 1.29 is 8.78 Å². The van der Waals surface area contributed by atoms with Crippen molar-refractivity contribution in [3.8, 4) is 0 Å². The summed E-state index contributed by atoms with van der Waals surface area (Å²) in [7, 11) is 0. The molecule has 0 spiro atoms. The molecular weight excluding hydrogens is 186 g/mol. The third kappa shape index (κ3) is 2.06. The van der Waals surface area contributed by atoms with Crippen LogP contribution in [0, 0.1) is 0 Å². The van der Waals surface area contributed by atoms with Gasteiger partial charge in [-0.05, 0) is 6.54 Å². The molecule has 0 aromatic heterocycles. The zero-order chi connectivity index (χ0) is 10.2.